The molecule has 14 nitrogen and oxygen atoms in total. The van der Waals surface area contributed by atoms with Crippen molar-refractivity contribution in [2.75, 3.05) is 59.3 Å². The topological polar surface area (TPSA) is 172 Å². The molecular formula is C35H52N4O10. The molecule has 14 heteroatoms. The number of rotatable bonds is 23. The van der Waals surface area contributed by atoms with Crippen molar-refractivity contribution in [2.24, 2.45) is 0 Å². The zero-order chi connectivity index (χ0) is 35.6. The summed E-state index contributed by atoms with van der Waals surface area (Å²) in [5.41, 5.74) is 1.16. The van der Waals surface area contributed by atoms with Crippen LogP contribution in [0.4, 0.5) is 14.4 Å². The minimum atomic E-state index is -0.837. The van der Waals surface area contributed by atoms with Gasteiger partial charge in [-0.3, -0.25) is 4.79 Å². The summed E-state index contributed by atoms with van der Waals surface area (Å²) in [5.74, 6) is -0.370. The number of alkyl carbamates (subject to hydrolysis) is 3. The first-order valence-corrected chi connectivity index (χ1v) is 16.5. The summed E-state index contributed by atoms with van der Waals surface area (Å²) >= 11 is 0. The maximum absolute atomic E-state index is 12.9. The Labute approximate surface area is 288 Å². The molecule has 0 spiro atoms. The minimum absolute atomic E-state index is 0.0728. The molecule has 0 aliphatic rings. The Bertz CT molecular complexity index is 1210. The minimum Gasteiger partial charge on any atom is -0.445 e. The van der Waals surface area contributed by atoms with E-state index in [-0.39, 0.29) is 32.3 Å². The lowest BCUT2D eigenvalue weighted by Crippen LogP contribution is -2.47. The number of amides is 4. The molecule has 0 bridgehead atoms. The van der Waals surface area contributed by atoms with Gasteiger partial charge in [0.2, 0.25) is 5.91 Å². The summed E-state index contributed by atoms with van der Waals surface area (Å²) in [6.07, 6.45) is -0.263. The molecule has 4 amide bonds. The van der Waals surface area contributed by atoms with Crippen LogP contribution in [-0.2, 0) is 46.4 Å². The third kappa shape index (κ3) is 22.0. The van der Waals surface area contributed by atoms with Gasteiger partial charge < -0.3 is 49.7 Å². The average Bonchev–Trinajstić information content (AvgIpc) is 3.07. The van der Waals surface area contributed by atoms with Gasteiger partial charge in [0.05, 0.1) is 39.6 Å². The highest BCUT2D eigenvalue weighted by molar-refractivity contribution is 5.85. The summed E-state index contributed by atoms with van der Waals surface area (Å²) in [7, 11) is 0. The molecule has 0 fully saturated rings. The van der Waals surface area contributed by atoms with E-state index in [1.165, 1.54) is 0 Å². The van der Waals surface area contributed by atoms with Crippen LogP contribution in [0.15, 0.2) is 60.7 Å². The van der Waals surface area contributed by atoms with Crippen LogP contribution in [0.3, 0.4) is 0 Å². The van der Waals surface area contributed by atoms with E-state index in [1.807, 2.05) is 60.7 Å². The number of benzene rings is 2. The quantitative estimate of drug-likeness (QED) is 0.0986. The fourth-order valence-corrected chi connectivity index (χ4v) is 4.06. The first kappa shape index (κ1) is 40.8. The predicted molar refractivity (Wildman–Crippen MR) is 182 cm³/mol. The van der Waals surface area contributed by atoms with Crippen molar-refractivity contribution < 1.29 is 47.6 Å². The number of hydrogen-bond donors (Lipinski definition) is 4. The standard InChI is InChI=1S/C35H52N4O10/c1-35(2,3)49-33(42)38-19-21-45-23-25-46-24-22-44-20-18-36-31(40)30(39-34(43)48-27-29-14-8-5-9-15-29)16-10-11-17-37-32(41)47-26-28-12-6-4-7-13-28/h4-9,12-15,30H,10-11,16-27H2,1-3H3,(H,36,40)(H,37,41)(H,38,42)(H,39,43)/t30-/m0/s1. The van der Waals surface area contributed by atoms with Crippen molar-refractivity contribution in [1.82, 2.24) is 21.3 Å². The van der Waals surface area contributed by atoms with Crippen molar-refractivity contribution in [3.63, 3.8) is 0 Å². The first-order valence-electron chi connectivity index (χ1n) is 16.5. The summed E-state index contributed by atoms with van der Waals surface area (Å²) < 4.78 is 32.0. The molecule has 0 aliphatic heterocycles. The van der Waals surface area contributed by atoms with Gasteiger partial charge in [0.25, 0.3) is 0 Å². The van der Waals surface area contributed by atoms with E-state index in [1.54, 1.807) is 20.8 Å². The molecule has 0 saturated heterocycles. The molecule has 2 rings (SSSR count). The number of ether oxygens (including phenoxy) is 6. The summed E-state index contributed by atoms with van der Waals surface area (Å²) in [5, 5.41) is 10.7. The number of nitrogens with one attached hydrogen (secondary N) is 4. The SMILES string of the molecule is CC(C)(C)OC(=O)NCCOCCOCCOCCNC(=O)[C@H](CCCCNC(=O)OCc1ccccc1)NC(=O)OCc1ccccc1. The monoisotopic (exact) mass is 688 g/mol. The van der Waals surface area contributed by atoms with Gasteiger partial charge in [-0.05, 0) is 51.2 Å². The molecule has 0 aromatic heterocycles. The molecule has 49 heavy (non-hydrogen) atoms. The van der Waals surface area contributed by atoms with Crippen LogP contribution in [0.1, 0.15) is 51.2 Å². The largest absolute Gasteiger partial charge is 0.445 e. The van der Waals surface area contributed by atoms with Crippen LogP contribution in [0.2, 0.25) is 0 Å². The molecule has 0 radical (unpaired) electrons. The van der Waals surface area contributed by atoms with E-state index in [2.05, 4.69) is 21.3 Å². The maximum atomic E-state index is 12.9. The lowest BCUT2D eigenvalue weighted by Gasteiger charge is -2.19. The van der Waals surface area contributed by atoms with Crippen molar-refractivity contribution >= 4 is 24.2 Å². The Hall–Kier alpha value is -4.40. The lowest BCUT2D eigenvalue weighted by atomic mass is 10.1. The number of hydrogen-bond acceptors (Lipinski definition) is 10. The van der Waals surface area contributed by atoms with Crippen LogP contribution in [-0.4, -0.2) is 95.1 Å². The second kappa shape index (κ2) is 24.7. The molecule has 1 atom stereocenters. The maximum Gasteiger partial charge on any atom is 0.408 e. The van der Waals surface area contributed by atoms with Crippen LogP contribution >= 0.6 is 0 Å². The van der Waals surface area contributed by atoms with Crippen LogP contribution in [0, 0.1) is 0 Å². The molecule has 2 aromatic carbocycles. The van der Waals surface area contributed by atoms with Gasteiger partial charge in [-0.1, -0.05) is 60.7 Å². The van der Waals surface area contributed by atoms with E-state index in [0.29, 0.717) is 65.4 Å². The Kier molecular flexibility index (Phi) is 20.6. The second-order valence-corrected chi connectivity index (χ2v) is 11.8. The summed E-state index contributed by atoms with van der Waals surface area (Å²) in [6.45, 7) is 8.54. The molecule has 0 saturated carbocycles. The molecule has 4 N–H and O–H groups in total. The molecule has 2 aromatic rings. The van der Waals surface area contributed by atoms with Gasteiger partial charge in [0, 0.05) is 19.6 Å². The number of carbonyl (C=O) groups excluding carboxylic acids is 4. The van der Waals surface area contributed by atoms with Gasteiger partial charge in [0.15, 0.2) is 0 Å². The fourth-order valence-electron chi connectivity index (χ4n) is 4.06. The van der Waals surface area contributed by atoms with Crippen LogP contribution < -0.4 is 21.3 Å². The van der Waals surface area contributed by atoms with Gasteiger partial charge in [0.1, 0.15) is 24.9 Å². The second-order valence-electron chi connectivity index (χ2n) is 11.8. The van der Waals surface area contributed by atoms with Crippen LogP contribution in [0.5, 0.6) is 0 Å². The predicted octanol–water partition coefficient (Wildman–Crippen LogP) is 4.07. The molecule has 0 aliphatic carbocycles. The van der Waals surface area contributed by atoms with Crippen molar-refractivity contribution in [2.45, 2.75) is 64.9 Å². The van der Waals surface area contributed by atoms with Crippen molar-refractivity contribution in [3.05, 3.63) is 71.8 Å². The highest BCUT2D eigenvalue weighted by Crippen LogP contribution is 2.07. The van der Waals surface area contributed by atoms with Gasteiger partial charge in [-0.25, -0.2) is 14.4 Å². The Morgan fingerprint density at radius 3 is 1.63 bits per heavy atom. The summed E-state index contributed by atoms with van der Waals surface area (Å²) in [4.78, 5) is 49.0. The van der Waals surface area contributed by atoms with Crippen molar-refractivity contribution in [1.29, 1.82) is 0 Å². The highest BCUT2D eigenvalue weighted by Gasteiger charge is 2.21. The zero-order valence-electron chi connectivity index (χ0n) is 28.8. The van der Waals surface area contributed by atoms with Crippen molar-refractivity contribution in [3.8, 4) is 0 Å². The normalized spacial score (nSPS) is 11.6. The summed E-state index contributed by atoms with van der Waals surface area (Å²) in [6, 6.07) is 17.8. The zero-order valence-corrected chi connectivity index (χ0v) is 28.8. The smallest absolute Gasteiger partial charge is 0.408 e. The van der Waals surface area contributed by atoms with E-state index < -0.39 is 29.9 Å². The van der Waals surface area contributed by atoms with Gasteiger partial charge in [-0.15, -0.1) is 0 Å². The third-order valence-electron chi connectivity index (χ3n) is 6.43. The average molecular weight is 689 g/mol. The first-order chi connectivity index (χ1) is 23.6. The third-order valence-corrected chi connectivity index (χ3v) is 6.43. The Morgan fingerprint density at radius 1 is 0.592 bits per heavy atom. The van der Waals surface area contributed by atoms with Gasteiger partial charge in [-0.2, -0.15) is 0 Å². The lowest BCUT2D eigenvalue weighted by molar-refractivity contribution is -0.123. The number of unbranched alkanes of at least 4 members (excludes halogenated alkanes) is 1. The molecule has 0 unspecified atom stereocenters. The van der Waals surface area contributed by atoms with E-state index in [0.717, 1.165) is 11.1 Å². The number of carbonyl (C=O) groups is 4. The Morgan fingerprint density at radius 2 is 1.08 bits per heavy atom. The molecule has 0 heterocycles. The van der Waals surface area contributed by atoms with Crippen LogP contribution in [0.25, 0.3) is 0 Å². The Balaban J connectivity index is 1.60. The van der Waals surface area contributed by atoms with Gasteiger partial charge >= 0.3 is 18.3 Å². The van der Waals surface area contributed by atoms with E-state index in [9.17, 15) is 19.2 Å². The highest BCUT2D eigenvalue weighted by atomic mass is 16.6. The molecule has 272 valence electrons. The van der Waals surface area contributed by atoms with E-state index in [4.69, 9.17) is 28.4 Å². The fraction of sp³-hybridized carbons (Fsp3) is 0.543. The molecular weight excluding hydrogens is 636 g/mol. The van der Waals surface area contributed by atoms with E-state index >= 15 is 0 Å².